The van der Waals surface area contributed by atoms with Gasteiger partial charge in [0, 0.05) is 19.0 Å². The van der Waals surface area contributed by atoms with Crippen LogP contribution in [0.1, 0.15) is 26.1 Å². The molecule has 1 unspecified atom stereocenters. The minimum absolute atomic E-state index is 0.483. The summed E-state index contributed by atoms with van der Waals surface area (Å²) in [4.78, 5) is 6.55. The summed E-state index contributed by atoms with van der Waals surface area (Å²) >= 11 is 0. The van der Waals surface area contributed by atoms with E-state index in [1.165, 1.54) is 0 Å². The monoisotopic (exact) mass is 239 g/mol. The van der Waals surface area contributed by atoms with Gasteiger partial charge in [-0.3, -0.25) is 4.68 Å². The van der Waals surface area contributed by atoms with Crippen LogP contribution in [0.5, 0.6) is 0 Å². The summed E-state index contributed by atoms with van der Waals surface area (Å²) in [6.45, 7) is 7.23. The molecule has 1 heterocycles. The molecule has 0 saturated heterocycles. The van der Waals surface area contributed by atoms with Crippen LogP contribution in [0, 0.1) is 0 Å². The summed E-state index contributed by atoms with van der Waals surface area (Å²) in [6, 6.07) is 0.483. The first-order valence-electron chi connectivity index (χ1n) is 6.42. The summed E-state index contributed by atoms with van der Waals surface area (Å²) < 4.78 is 1.97. The number of hydrogen-bond acceptors (Lipinski definition) is 4. The molecule has 0 aliphatic heterocycles. The van der Waals surface area contributed by atoms with E-state index in [0.717, 1.165) is 38.3 Å². The number of aromatic nitrogens is 3. The van der Waals surface area contributed by atoms with Crippen molar-refractivity contribution in [2.24, 2.45) is 0 Å². The second-order valence-electron chi connectivity index (χ2n) is 4.54. The van der Waals surface area contributed by atoms with E-state index in [4.69, 9.17) is 0 Å². The Labute approximate surface area is 104 Å². The Kier molecular flexibility index (Phi) is 6.15. The molecule has 1 atom stereocenters. The van der Waals surface area contributed by atoms with Crippen molar-refractivity contribution in [2.75, 3.05) is 27.2 Å². The topological polar surface area (TPSA) is 46.0 Å². The van der Waals surface area contributed by atoms with Gasteiger partial charge >= 0.3 is 0 Å². The van der Waals surface area contributed by atoms with E-state index in [-0.39, 0.29) is 0 Å². The van der Waals surface area contributed by atoms with Crippen molar-refractivity contribution in [1.82, 2.24) is 25.0 Å². The number of nitrogens with zero attached hydrogens (tertiary/aromatic N) is 4. The summed E-state index contributed by atoms with van der Waals surface area (Å²) in [5.41, 5.74) is 0. The van der Waals surface area contributed by atoms with Crippen LogP contribution in [-0.2, 0) is 13.0 Å². The molecule has 0 aliphatic rings. The van der Waals surface area contributed by atoms with Crippen LogP contribution in [0.2, 0.25) is 0 Å². The molecule has 5 nitrogen and oxygen atoms in total. The van der Waals surface area contributed by atoms with Crippen molar-refractivity contribution in [3.05, 3.63) is 12.2 Å². The van der Waals surface area contributed by atoms with E-state index in [1.807, 2.05) is 4.68 Å². The molecule has 0 radical (unpaired) electrons. The standard InChI is InChI=1S/C12H25N5/c1-5-13-11(7-8-16(3)4)9-12-14-10-15-17(12)6-2/h10-11,13H,5-9H2,1-4H3. The second-order valence-corrected chi connectivity index (χ2v) is 4.54. The zero-order valence-electron chi connectivity index (χ0n) is 11.5. The van der Waals surface area contributed by atoms with Crippen molar-refractivity contribution in [1.29, 1.82) is 0 Å². The fraction of sp³-hybridized carbons (Fsp3) is 0.833. The molecule has 0 saturated carbocycles. The van der Waals surface area contributed by atoms with Crippen molar-refractivity contribution in [3.8, 4) is 0 Å². The molecule has 0 spiro atoms. The maximum absolute atomic E-state index is 4.33. The van der Waals surface area contributed by atoms with Gasteiger partial charge in [-0.2, -0.15) is 5.10 Å². The number of rotatable bonds is 8. The highest BCUT2D eigenvalue weighted by Gasteiger charge is 2.12. The fourth-order valence-electron chi connectivity index (χ4n) is 1.91. The Morgan fingerprint density at radius 3 is 2.76 bits per heavy atom. The number of hydrogen-bond donors (Lipinski definition) is 1. The summed E-state index contributed by atoms with van der Waals surface area (Å²) in [7, 11) is 4.22. The molecule has 1 rings (SSSR count). The Balaban J connectivity index is 2.53. The zero-order chi connectivity index (χ0) is 12.7. The minimum Gasteiger partial charge on any atom is -0.314 e. The predicted octanol–water partition coefficient (Wildman–Crippen LogP) is 0.770. The molecule has 98 valence electrons. The van der Waals surface area contributed by atoms with E-state index >= 15 is 0 Å². The molecule has 1 aromatic heterocycles. The molecule has 17 heavy (non-hydrogen) atoms. The largest absolute Gasteiger partial charge is 0.314 e. The smallest absolute Gasteiger partial charge is 0.138 e. The van der Waals surface area contributed by atoms with Crippen molar-refractivity contribution in [3.63, 3.8) is 0 Å². The van der Waals surface area contributed by atoms with E-state index in [1.54, 1.807) is 6.33 Å². The molecule has 5 heteroatoms. The lowest BCUT2D eigenvalue weighted by Gasteiger charge is -2.19. The maximum atomic E-state index is 4.33. The van der Waals surface area contributed by atoms with Gasteiger partial charge in [-0.25, -0.2) is 4.98 Å². The Morgan fingerprint density at radius 1 is 1.41 bits per heavy atom. The summed E-state index contributed by atoms with van der Waals surface area (Å²) in [5, 5.41) is 7.73. The molecule has 0 aliphatic carbocycles. The molecule has 0 bridgehead atoms. The Morgan fingerprint density at radius 2 is 2.18 bits per heavy atom. The second kappa shape index (κ2) is 7.40. The third kappa shape index (κ3) is 4.83. The van der Waals surface area contributed by atoms with Gasteiger partial charge in [0.1, 0.15) is 12.2 Å². The first kappa shape index (κ1) is 14.1. The molecule has 0 aromatic carbocycles. The predicted molar refractivity (Wildman–Crippen MR) is 70.0 cm³/mol. The van der Waals surface area contributed by atoms with E-state index in [9.17, 15) is 0 Å². The van der Waals surface area contributed by atoms with Crippen LogP contribution < -0.4 is 5.32 Å². The van der Waals surface area contributed by atoms with Crippen LogP contribution in [0.15, 0.2) is 6.33 Å². The first-order chi connectivity index (χ1) is 8.17. The lowest BCUT2D eigenvalue weighted by Crippen LogP contribution is -2.34. The normalized spacial score (nSPS) is 13.2. The first-order valence-corrected chi connectivity index (χ1v) is 6.42. The van der Waals surface area contributed by atoms with Crippen molar-refractivity contribution >= 4 is 0 Å². The third-order valence-electron chi connectivity index (χ3n) is 2.84. The van der Waals surface area contributed by atoms with Gasteiger partial charge in [-0.05, 0) is 40.5 Å². The maximum Gasteiger partial charge on any atom is 0.138 e. The van der Waals surface area contributed by atoms with Gasteiger partial charge in [0.05, 0.1) is 0 Å². The van der Waals surface area contributed by atoms with E-state index < -0.39 is 0 Å². The lowest BCUT2D eigenvalue weighted by molar-refractivity contribution is 0.354. The summed E-state index contributed by atoms with van der Waals surface area (Å²) in [5.74, 6) is 1.08. The molecular formula is C12H25N5. The van der Waals surface area contributed by atoms with Gasteiger partial charge in [0.25, 0.3) is 0 Å². The third-order valence-corrected chi connectivity index (χ3v) is 2.84. The van der Waals surface area contributed by atoms with E-state index in [2.05, 4.69) is 48.2 Å². The molecular weight excluding hydrogens is 214 g/mol. The van der Waals surface area contributed by atoms with Gasteiger partial charge in [0.15, 0.2) is 0 Å². The fourth-order valence-corrected chi connectivity index (χ4v) is 1.91. The highest BCUT2D eigenvalue weighted by Crippen LogP contribution is 2.03. The van der Waals surface area contributed by atoms with Gasteiger partial charge < -0.3 is 10.2 Å². The van der Waals surface area contributed by atoms with Crippen LogP contribution in [0.3, 0.4) is 0 Å². The van der Waals surface area contributed by atoms with Gasteiger partial charge in [0.2, 0.25) is 0 Å². The zero-order valence-corrected chi connectivity index (χ0v) is 11.5. The van der Waals surface area contributed by atoms with Crippen molar-refractivity contribution in [2.45, 2.75) is 39.3 Å². The average Bonchev–Trinajstić information content (AvgIpc) is 2.73. The minimum atomic E-state index is 0.483. The van der Waals surface area contributed by atoms with Crippen LogP contribution in [0.4, 0.5) is 0 Å². The highest BCUT2D eigenvalue weighted by atomic mass is 15.3. The molecule has 1 N–H and O–H groups in total. The number of nitrogens with one attached hydrogen (secondary N) is 1. The summed E-state index contributed by atoms with van der Waals surface area (Å²) in [6.07, 6.45) is 3.74. The van der Waals surface area contributed by atoms with Crippen molar-refractivity contribution < 1.29 is 0 Å². The molecule has 0 amide bonds. The number of likely N-dealkylation sites (N-methyl/N-ethyl adjacent to an activating group) is 1. The van der Waals surface area contributed by atoms with Gasteiger partial charge in [-0.15, -0.1) is 0 Å². The number of aryl methyl sites for hydroxylation is 1. The van der Waals surface area contributed by atoms with Gasteiger partial charge in [-0.1, -0.05) is 6.92 Å². The highest BCUT2D eigenvalue weighted by molar-refractivity contribution is 4.89. The SMILES string of the molecule is CCNC(CCN(C)C)Cc1ncnn1CC. The lowest BCUT2D eigenvalue weighted by atomic mass is 10.1. The quantitative estimate of drug-likeness (QED) is 0.728. The van der Waals surface area contributed by atoms with Crippen LogP contribution >= 0.6 is 0 Å². The van der Waals surface area contributed by atoms with Crippen LogP contribution in [0.25, 0.3) is 0 Å². The van der Waals surface area contributed by atoms with Crippen LogP contribution in [-0.4, -0.2) is 52.9 Å². The molecule has 0 fully saturated rings. The Bertz CT molecular complexity index is 308. The van der Waals surface area contributed by atoms with E-state index in [0.29, 0.717) is 6.04 Å². The average molecular weight is 239 g/mol. The molecule has 1 aromatic rings. The Hall–Kier alpha value is -0.940.